The van der Waals surface area contributed by atoms with Crippen LogP contribution in [-0.2, 0) is 17.8 Å². The Balaban J connectivity index is 1.29. The maximum atomic E-state index is 13.4. The highest BCUT2D eigenvalue weighted by Crippen LogP contribution is 2.34. The molecule has 8 nitrogen and oxygen atoms in total. The molecule has 0 saturated carbocycles. The predicted molar refractivity (Wildman–Crippen MR) is 151 cm³/mol. The van der Waals surface area contributed by atoms with Gasteiger partial charge in [0, 0.05) is 55.4 Å². The fourth-order valence-corrected chi connectivity index (χ4v) is 6.06. The Labute approximate surface area is 228 Å². The molecule has 204 valence electrons. The quantitative estimate of drug-likeness (QED) is 0.449. The van der Waals surface area contributed by atoms with Crippen molar-refractivity contribution >= 4 is 28.2 Å². The van der Waals surface area contributed by atoms with Gasteiger partial charge in [-0.25, -0.2) is 4.39 Å². The molecule has 2 saturated heterocycles. The first kappa shape index (κ1) is 25.6. The number of piperazine rings is 1. The molecule has 2 aromatic carbocycles. The van der Waals surface area contributed by atoms with Crippen LogP contribution in [0.2, 0.25) is 0 Å². The predicted octanol–water partition coefficient (Wildman–Crippen LogP) is 3.80. The first-order valence-electron chi connectivity index (χ1n) is 13.8. The summed E-state index contributed by atoms with van der Waals surface area (Å²) in [5.74, 6) is -0.669. The molecule has 0 N–H and O–H groups in total. The third-order valence-corrected chi connectivity index (χ3v) is 8.30. The van der Waals surface area contributed by atoms with E-state index in [1.807, 2.05) is 0 Å². The maximum Gasteiger partial charge on any atom is 0.318 e. The Hall–Kier alpha value is -3.72. The monoisotopic (exact) mass is 530 g/mol. The molecule has 1 amide bonds. The number of likely N-dealkylation sites (tertiary alicyclic amines) is 1. The average molecular weight is 531 g/mol. The highest BCUT2D eigenvalue weighted by Gasteiger charge is 2.30. The summed E-state index contributed by atoms with van der Waals surface area (Å²) in [4.78, 5) is 30.4. The number of halogens is 1. The number of benzene rings is 2. The molecule has 9 heteroatoms. The van der Waals surface area contributed by atoms with Gasteiger partial charge in [0.1, 0.15) is 12.4 Å². The van der Waals surface area contributed by atoms with Crippen molar-refractivity contribution in [1.82, 2.24) is 19.8 Å². The van der Waals surface area contributed by atoms with Crippen LogP contribution < -0.4 is 14.5 Å². The molecular weight excluding hydrogens is 495 g/mol. The van der Waals surface area contributed by atoms with Crippen molar-refractivity contribution in [2.45, 2.75) is 31.8 Å². The van der Waals surface area contributed by atoms with Crippen molar-refractivity contribution in [1.29, 1.82) is 0 Å². The number of amides is 1. The lowest BCUT2D eigenvalue weighted by molar-refractivity contribution is -0.128. The smallest absolute Gasteiger partial charge is 0.318 e. The minimum Gasteiger partial charge on any atom is -0.462 e. The molecule has 4 heterocycles. The van der Waals surface area contributed by atoms with Crippen LogP contribution in [0.1, 0.15) is 24.1 Å². The summed E-state index contributed by atoms with van der Waals surface area (Å²) in [6.45, 7) is 8.31. The standard InChI is InChI=1S/C30H35FN6O2/c1-21(31)29(38)36-17-15-35(16-18-36)28-25-12-14-37(27-11-5-8-22-7-3-4-10-24(22)27)19-26(25)32-30(33-28)39-20-23-9-6-13-34(23)2/h3-5,7-8,10-11,23H,1,6,9,12-20H2,2H3/t23-/m0/s1. The van der Waals surface area contributed by atoms with Crippen molar-refractivity contribution in [3.63, 3.8) is 0 Å². The van der Waals surface area contributed by atoms with Crippen molar-refractivity contribution < 1.29 is 13.9 Å². The van der Waals surface area contributed by atoms with Gasteiger partial charge in [-0.15, -0.1) is 0 Å². The summed E-state index contributed by atoms with van der Waals surface area (Å²) in [5.41, 5.74) is 3.31. The van der Waals surface area contributed by atoms with E-state index in [0.717, 1.165) is 43.0 Å². The normalized spacial score (nSPS) is 19.8. The van der Waals surface area contributed by atoms with Gasteiger partial charge in [0.2, 0.25) is 0 Å². The molecule has 3 aliphatic heterocycles. The van der Waals surface area contributed by atoms with Crippen molar-refractivity contribution in [3.05, 3.63) is 66.1 Å². The number of nitrogens with zero attached hydrogens (tertiary/aromatic N) is 6. The van der Waals surface area contributed by atoms with E-state index in [1.165, 1.54) is 27.8 Å². The van der Waals surface area contributed by atoms with Crippen LogP contribution in [0.15, 0.2) is 54.9 Å². The Morgan fingerprint density at radius 2 is 1.82 bits per heavy atom. The number of hydrogen-bond acceptors (Lipinski definition) is 7. The van der Waals surface area contributed by atoms with Gasteiger partial charge in [-0.05, 0) is 44.3 Å². The van der Waals surface area contributed by atoms with E-state index in [1.54, 1.807) is 0 Å². The van der Waals surface area contributed by atoms with Crippen LogP contribution >= 0.6 is 0 Å². The molecule has 0 unspecified atom stereocenters. The van der Waals surface area contributed by atoms with Gasteiger partial charge in [-0.3, -0.25) is 4.79 Å². The van der Waals surface area contributed by atoms with E-state index in [-0.39, 0.29) is 0 Å². The molecule has 0 bridgehead atoms. The number of carbonyl (C=O) groups is 1. The lowest BCUT2D eigenvalue weighted by Crippen LogP contribution is -2.49. The van der Waals surface area contributed by atoms with E-state index < -0.39 is 11.7 Å². The number of fused-ring (bicyclic) bond motifs is 2. The highest BCUT2D eigenvalue weighted by atomic mass is 19.1. The van der Waals surface area contributed by atoms with Crippen molar-refractivity contribution in [2.75, 3.05) is 62.7 Å². The molecule has 3 aromatic rings. The minimum atomic E-state index is -0.913. The van der Waals surface area contributed by atoms with Gasteiger partial charge >= 0.3 is 6.01 Å². The molecule has 0 spiro atoms. The lowest BCUT2D eigenvalue weighted by atomic mass is 10.0. The summed E-state index contributed by atoms with van der Waals surface area (Å²) < 4.78 is 19.7. The zero-order valence-electron chi connectivity index (χ0n) is 22.5. The first-order valence-corrected chi connectivity index (χ1v) is 13.8. The highest BCUT2D eigenvalue weighted by molar-refractivity contribution is 5.94. The molecular formula is C30H35FN6O2. The minimum absolute atomic E-state index is 0.364. The van der Waals surface area contributed by atoms with Crippen LogP contribution in [-0.4, -0.2) is 84.6 Å². The van der Waals surface area contributed by atoms with E-state index in [2.05, 4.69) is 70.8 Å². The average Bonchev–Trinajstić information content (AvgIpc) is 3.39. The number of ether oxygens (including phenoxy) is 1. The van der Waals surface area contributed by atoms with Gasteiger partial charge in [-0.1, -0.05) is 43.0 Å². The van der Waals surface area contributed by atoms with E-state index >= 15 is 0 Å². The molecule has 6 rings (SSSR count). The van der Waals surface area contributed by atoms with Crippen molar-refractivity contribution in [2.24, 2.45) is 0 Å². The van der Waals surface area contributed by atoms with Gasteiger partial charge in [-0.2, -0.15) is 9.97 Å². The van der Waals surface area contributed by atoms with E-state index in [0.29, 0.717) is 51.4 Å². The van der Waals surface area contributed by atoms with E-state index in [4.69, 9.17) is 14.7 Å². The van der Waals surface area contributed by atoms with Crippen molar-refractivity contribution in [3.8, 4) is 6.01 Å². The Morgan fingerprint density at radius 1 is 1.03 bits per heavy atom. The molecule has 1 aromatic heterocycles. The van der Waals surface area contributed by atoms with E-state index in [9.17, 15) is 9.18 Å². The summed E-state index contributed by atoms with van der Waals surface area (Å²) in [6.07, 6.45) is 3.09. The van der Waals surface area contributed by atoms with Gasteiger partial charge < -0.3 is 24.3 Å². The maximum absolute atomic E-state index is 13.4. The van der Waals surface area contributed by atoms with Crippen LogP contribution in [0.3, 0.4) is 0 Å². The Morgan fingerprint density at radius 3 is 2.59 bits per heavy atom. The summed E-state index contributed by atoms with van der Waals surface area (Å²) in [6, 6.07) is 15.7. The Bertz CT molecular complexity index is 1380. The number of anilines is 2. The number of likely N-dealkylation sites (N-methyl/N-ethyl adjacent to an activating group) is 1. The van der Waals surface area contributed by atoms with Gasteiger partial charge in [0.15, 0.2) is 5.83 Å². The largest absolute Gasteiger partial charge is 0.462 e. The number of rotatable bonds is 6. The fraction of sp³-hybridized carbons (Fsp3) is 0.433. The molecule has 0 radical (unpaired) electrons. The molecule has 3 aliphatic rings. The third kappa shape index (κ3) is 5.15. The number of hydrogen-bond donors (Lipinski definition) is 0. The van der Waals surface area contributed by atoms with Gasteiger partial charge in [0.05, 0.1) is 12.2 Å². The summed E-state index contributed by atoms with van der Waals surface area (Å²) in [7, 11) is 2.13. The molecule has 2 fully saturated rings. The molecule has 0 aliphatic carbocycles. The number of carbonyl (C=O) groups excluding carboxylic acids is 1. The molecule has 1 atom stereocenters. The van der Waals surface area contributed by atoms with Gasteiger partial charge in [0.25, 0.3) is 5.91 Å². The van der Waals surface area contributed by atoms with Crippen LogP contribution in [0.25, 0.3) is 10.8 Å². The number of aromatic nitrogens is 2. The Kier molecular flexibility index (Phi) is 7.08. The second kappa shape index (κ2) is 10.8. The molecule has 39 heavy (non-hydrogen) atoms. The zero-order valence-corrected chi connectivity index (χ0v) is 22.5. The first-order chi connectivity index (χ1) is 19.0. The van der Waals surface area contributed by atoms with Crippen LogP contribution in [0.4, 0.5) is 15.9 Å². The summed E-state index contributed by atoms with van der Waals surface area (Å²) in [5, 5.41) is 2.45. The second-order valence-electron chi connectivity index (χ2n) is 10.7. The van der Waals surface area contributed by atoms with Crippen LogP contribution in [0.5, 0.6) is 6.01 Å². The zero-order chi connectivity index (χ0) is 26.9. The topological polar surface area (TPSA) is 65.0 Å². The SMILES string of the molecule is C=C(F)C(=O)N1CCN(c2nc(OC[C@@H]3CCCN3C)nc3c2CCN(c2cccc4ccccc24)C3)CC1. The van der Waals surface area contributed by atoms with Crippen LogP contribution in [0, 0.1) is 0 Å². The second-order valence-corrected chi connectivity index (χ2v) is 10.7. The third-order valence-electron chi connectivity index (χ3n) is 8.30. The summed E-state index contributed by atoms with van der Waals surface area (Å²) >= 11 is 0. The fourth-order valence-electron chi connectivity index (χ4n) is 6.06. The lowest BCUT2D eigenvalue weighted by Gasteiger charge is -2.38.